The fourth-order valence-electron chi connectivity index (χ4n) is 1.38. The summed E-state index contributed by atoms with van der Waals surface area (Å²) in [6, 6.07) is 1.36. The van der Waals surface area contributed by atoms with Crippen molar-refractivity contribution >= 4 is 11.8 Å². The van der Waals surface area contributed by atoms with E-state index in [1.807, 2.05) is 0 Å². The summed E-state index contributed by atoms with van der Waals surface area (Å²) in [5, 5.41) is 3.04. The van der Waals surface area contributed by atoms with Crippen molar-refractivity contribution in [2.45, 2.75) is 26.3 Å². The third-order valence-electron chi connectivity index (χ3n) is 2.10. The minimum absolute atomic E-state index is 0.271. The van der Waals surface area contributed by atoms with Crippen molar-refractivity contribution < 1.29 is 9.53 Å². The molecule has 1 rings (SSSR count). The number of nitrogens with zero attached hydrogens (tertiary/aromatic N) is 2. The zero-order valence-corrected chi connectivity index (χ0v) is 9.80. The lowest BCUT2D eigenvalue weighted by molar-refractivity contribution is -0.141. The lowest BCUT2D eigenvalue weighted by Gasteiger charge is -2.18. The molecule has 1 N–H and O–H groups in total. The lowest BCUT2D eigenvalue weighted by Crippen LogP contribution is -2.32. The second kappa shape index (κ2) is 6.05. The predicted molar refractivity (Wildman–Crippen MR) is 60.9 cm³/mol. The number of hydrogen-bond acceptors (Lipinski definition) is 5. The normalized spacial score (nSPS) is 12.2. The molecule has 0 amide bonds. The number of carbonyl (C=O) groups excluding carboxylic acids is 1. The molecule has 0 radical (unpaired) electrons. The lowest BCUT2D eigenvalue weighted by atomic mass is 10.0. The molecular formula is C11H17N3O2. The van der Waals surface area contributed by atoms with Crippen LogP contribution in [0.3, 0.4) is 0 Å². The van der Waals surface area contributed by atoms with E-state index in [1.165, 1.54) is 13.4 Å². The van der Waals surface area contributed by atoms with Crippen LogP contribution in [0.5, 0.6) is 0 Å². The highest BCUT2D eigenvalue weighted by atomic mass is 16.5. The van der Waals surface area contributed by atoms with Gasteiger partial charge < -0.3 is 10.1 Å². The Labute approximate surface area is 95.3 Å². The van der Waals surface area contributed by atoms with Crippen LogP contribution in [0.15, 0.2) is 18.6 Å². The zero-order valence-electron chi connectivity index (χ0n) is 9.80. The Morgan fingerprint density at radius 1 is 1.56 bits per heavy atom. The number of ether oxygens (including phenoxy) is 1. The van der Waals surface area contributed by atoms with Gasteiger partial charge in [-0.05, 0) is 18.4 Å². The van der Waals surface area contributed by atoms with E-state index in [2.05, 4.69) is 29.1 Å². The molecule has 0 spiro atoms. The van der Waals surface area contributed by atoms with Crippen molar-refractivity contribution in [2.24, 2.45) is 5.92 Å². The maximum Gasteiger partial charge on any atom is 0.328 e. The van der Waals surface area contributed by atoms with Gasteiger partial charge in [0, 0.05) is 6.20 Å². The van der Waals surface area contributed by atoms with Crippen LogP contribution in [0, 0.1) is 5.92 Å². The van der Waals surface area contributed by atoms with E-state index >= 15 is 0 Å². The Morgan fingerprint density at radius 2 is 2.31 bits per heavy atom. The topological polar surface area (TPSA) is 64.1 Å². The van der Waals surface area contributed by atoms with Crippen LogP contribution in [-0.4, -0.2) is 29.1 Å². The molecule has 1 aromatic heterocycles. The van der Waals surface area contributed by atoms with Crippen LogP contribution >= 0.6 is 0 Å². The summed E-state index contributed by atoms with van der Waals surface area (Å²) in [6.45, 7) is 4.11. The summed E-state index contributed by atoms with van der Waals surface area (Å²) in [5.41, 5.74) is 0. The SMILES string of the molecule is COC(=O)C(CC(C)C)Nc1ccncn1. The number of esters is 1. The van der Waals surface area contributed by atoms with E-state index in [0.717, 1.165) is 0 Å². The second-order valence-electron chi connectivity index (χ2n) is 3.94. The van der Waals surface area contributed by atoms with Gasteiger partial charge in [-0.1, -0.05) is 13.8 Å². The highest BCUT2D eigenvalue weighted by Crippen LogP contribution is 2.11. The van der Waals surface area contributed by atoms with Crippen molar-refractivity contribution in [3.05, 3.63) is 18.6 Å². The zero-order chi connectivity index (χ0) is 12.0. The Balaban J connectivity index is 2.67. The van der Waals surface area contributed by atoms with Crippen LogP contribution in [0.4, 0.5) is 5.82 Å². The minimum Gasteiger partial charge on any atom is -0.467 e. The van der Waals surface area contributed by atoms with Crippen molar-refractivity contribution in [3.8, 4) is 0 Å². The smallest absolute Gasteiger partial charge is 0.328 e. The number of carbonyl (C=O) groups is 1. The molecule has 0 aromatic carbocycles. The van der Waals surface area contributed by atoms with Crippen LogP contribution in [0.25, 0.3) is 0 Å². The third kappa shape index (κ3) is 3.84. The Bertz CT molecular complexity index is 327. The van der Waals surface area contributed by atoms with Gasteiger partial charge in [0.1, 0.15) is 18.2 Å². The second-order valence-corrected chi connectivity index (χ2v) is 3.94. The number of aromatic nitrogens is 2. The average molecular weight is 223 g/mol. The molecular weight excluding hydrogens is 206 g/mol. The van der Waals surface area contributed by atoms with E-state index in [9.17, 15) is 4.79 Å². The number of rotatable bonds is 5. The first kappa shape index (κ1) is 12.4. The number of methoxy groups -OCH3 is 1. The van der Waals surface area contributed by atoms with Gasteiger partial charge in [0.15, 0.2) is 0 Å². The van der Waals surface area contributed by atoms with Crippen LogP contribution < -0.4 is 5.32 Å². The molecule has 0 saturated carbocycles. The predicted octanol–water partition coefficient (Wildman–Crippen LogP) is 1.48. The maximum atomic E-state index is 11.5. The van der Waals surface area contributed by atoms with Crippen molar-refractivity contribution in [1.29, 1.82) is 0 Å². The van der Waals surface area contributed by atoms with Gasteiger partial charge >= 0.3 is 5.97 Å². The maximum absolute atomic E-state index is 11.5. The monoisotopic (exact) mass is 223 g/mol. The first-order valence-electron chi connectivity index (χ1n) is 5.24. The van der Waals surface area contributed by atoms with E-state index in [-0.39, 0.29) is 12.0 Å². The number of nitrogens with one attached hydrogen (secondary N) is 1. The molecule has 0 aliphatic carbocycles. The molecule has 5 heteroatoms. The summed E-state index contributed by atoms with van der Waals surface area (Å²) in [7, 11) is 1.39. The molecule has 0 bridgehead atoms. The van der Waals surface area contributed by atoms with Gasteiger partial charge in [-0.15, -0.1) is 0 Å². The molecule has 1 heterocycles. The molecule has 0 aliphatic heterocycles. The average Bonchev–Trinajstić information content (AvgIpc) is 2.28. The largest absolute Gasteiger partial charge is 0.467 e. The van der Waals surface area contributed by atoms with E-state index < -0.39 is 0 Å². The van der Waals surface area contributed by atoms with Gasteiger partial charge in [0.05, 0.1) is 7.11 Å². The van der Waals surface area contributed by atoms with Gasteiger partial charge in [0.2, 0.25) is 0 Å². The van der Waals surface area contributed by atoms with Gasteiger partial charge in [0.25, 0.3) is 0 Å². The standard InChI is InChI=1S/C11H17N3O2/c1-8(2)6-9(11(15)16-3)14-10-4-5-12-7-13-10/h4-5,7-9H,6H2,1-3H3,(H,12,13,14). The van der Waals surface area contributed by atoms with Crippen molar-refractivity contribution in [1.82, 2.24) is 9.97 Å². The quantitative estimate of drug-likeness (QED) is 0.766. The highest BCUT2D eigenvalue weighted by Gasteiger charge is 2.20. The summed E-state index contributed by atoms with van der Waals surface area (Å²) in [5.74, 6) is 0.761. The third-order valence-corrected chi connectivity index (χ3v) is 2.10. The summed E-state index contributed by atoms with van der Waals surface area (Å²) >= 11 is 0. The Hall–Kier alpha value is -1.65. The van der Waals surface area contributed by atoms with Crippen LogP contribution in [0.1, 0.15) is 20.3 Å². The molecule has 88 valence electrons. The van der Waals surface area contributed by atoms with Crippen LogP contribution in [0.2, 0.25) is 0 Å². The number of hydrogen-bond donors (Lipinski definition) is 1. The molecule has 0 aliphatic rings. The summed E-state index contributed by atoms with van der Waals surface area (Å²) < 4.78 is 4.74. The molecule has 1 unspecified atom stereocenters. The molecule has 5 nitrogen and oxygen atoms in total. The van der Waals surface area contributed by atoms with E-state index in [0.29, 0.717) is 18.2 Å². The fraction of sp³-hybridized carbons (Fsp3) is 0.545. The van der Waals surface area contributed by atoms with Crippen LogP contribution in [-0.2, 0) is 9.53 Å². The summed E-state index contributed by atoms with van der Waals surface area (Å²) in [4.78, 5) is 19.3. The van der Waals surface area contributed by atoms with Crippen molar-refractivity contribution in [2.75, 3.05) is 12.4 Å². The fourth-order valence-corrected chi connectivity index (χ4v) is 1.38. The molecule has 1 atom stereocenters. The number of anilines is 1. The highest BCUT2D eigenvalue weighted by molar-refractivity contribution is 5.78. The first-order valence-corrected chi connectivity index (χ1v) is 5.24. The van der Waals surface area contributed by atoms with Gasteiger partial charge in [-0.2, -0.15) is 0 Å². The molecule has 16 heavy (non-hydrogen) atoms. The van der Waals surface area contributed by atoms with E-state index in [1.54, 1.807) is 12.3 Å². The Kier molecular flexibility index (Phi) is 4.69. The first-order chi connectivity index (χ1) is 7.63. The molecule has 1 aromatic rings. The molecule has 0 fully saturated rings. The van der Waals surface area contributed by atoms with Crippen molar-refractivity contribution in [3.63, 3.8) is 0 Å². The van der Waals surface area contributed by atoms with Gasteiger partial charge in [-0.25, -0.2) is 14.8 Å². The van der Waals surface area contributed by atoms with Gasteiger partial charge in [-0.3, -0.25) is 0 Å². The van der Waals surface area contributed by atoms with E-state index in [4.69, 9.17) is 4.74 Å². The Morgan fingerprint density at radius 3 is 2.81 bits per heavy atom. The molecule has 0 saturated heterocycles. The summed E-state index contributed by atoms with van der Waals surface area (Å²) in [6.07, 6.45) is 3.77. The minimum atomic E-state index is -0.361.